The molecule has 1 aliphatic heterocycles. The monoisotopic (exact) mass is 335 g/mol. The Morgan fingerprint density at radius 1 is 1.16 bits per heavy atom. The smallest absolute Gasteiger partial charge is 0.254 e. The van der Waals surface area contributed by atoms with E-state index in [4.69, 9.17) is 0 Å². The SMILES string of the molecule is CCCc1cc(N2CCC[C@@H]2c2ccc(C)c(C)c2)n2ncnc2n1. The first-order valence-electron chi connectivity index (χ1n) is 9.21. The van der Waals surface area contributed by atoms with Crippen molar-refractivity contribution in [2.45, 2.75) is 52.5 Å². The Morgan fingerprint density at radius 2 is 2.04 bits per heavy atom. The molecule has 1 saturated heterocycles. The standard InChI is InChI=1S/C20H25N5/c1-4-6-17-12-19(25-20(23-17)21-13-22-25)24-10-5-7-18(24)16-9-8-14(2)15(3)11-16/h8-9,11-13,18H,4-7,10H2,1-3H3/t18-/m1/s1. The van der Waals surface area contributed by atoms with Gasteiger partial charge in [-0.3, -0.25) is 0 Å². The highest BCUT2D eigenvalue weighted by Gasteiger charge is 2.29. The van der Waals surface area contributed by atoms with Gasteiger partial charge in [0.2, 0.25) is 0 Å². The molecule has 0 unspecified atom stereocenters. The van der Waals surface area contributed by atoms with E-state index >= 15 is 0 Å². The molecule has 4 rings (SSSR count). The summed E-state index contributed by atoms with van der Waals surface area (Å²) in [6, 6.07) is 9.44. The van der Waals surface area contributed by atoms with Crippen LogP contribution in [-0.2, 0) is 6.42 Å². The van der Waals surface area contributed by atoms with Gasteiger partial charge in [-0.05, 0) is 49.8 Å². The number of hydrogen-bond donors (Lipinski definition) is 0. The third-order valence-electron chi connectivity index (χ3n) is 5.26. The average Bonchev–Trinajstić information content (AvgIpc) is 3.26. The van der Waals surface area contributed by atoms with E-state index < -0.39 is 0 Å². The lowest BCUT2D eigenvalue weighted by Crippen LogP contribution is -2.25. The Hall–Kier alpha value is -2.43. The van der Waals surface area contributed by atoms with Crippen LogP contribution >= 0.6 is 0 Å². The van der Waals surface area contributed by atoms with Crippen molar-refractivity contribution in [2.75, 3.05) is 11.4 Å². The Balaban J connectivity index is 1.78. The molecule has 0 amide bonds. The van der Waals surface area contributed by atoms with Crippen LogP contribution in [0.2, 0.25) is 0 Å². The highest BCUT2D eigenvalue weighted by Crippen LogP contribution is 2.36. The predicted octanol–water partition coefficient (Wildman–Crippen LogP) is 4.04. The minimum absolute atomic E-state index is 0.392. The topological polar surface area (TPSA) is 46.3 Å². The number of fused-ring (bicyclic) bond motifs is 1. The first-order valence-corrected chi connectivity index (χ1v) is 9.21. The molecule has 5 nitrogen and oxygen atoms in total. The van der Waals surface area contributed by atoms with Gasteiger partial charge in [0.15, 0.2) is 0 Å². The lowest BCUT2D eigenvalue weighted by Gasteiger charge is -2.28. The van der Waals surface area contributed by atoms with Crippen molar-refractivity contribution in [3.63, 3.8) is 0 Å². The van der Waals surface area contributed by atoms with Crippen LogP contribution in [0.5, 0.6) is 0 Å². The summed E-state index contributed by atoms with van der Waals surface area (Å²) in [5.74, 6) is 1.82. The number of benzene rings is 1. The fraction of sp³-hybridized carbons (Fsp3) is 0.450. The van der Waals surface area contributed by atoms with E-state index in [1.165, 1.54) is 29.5 Å². The van der Waals surface area contributed by atoms with Gasteiger partial charge in [-0.25, -0.2) is 4.98 Å². The summed E-state index contributed by atoms with van der Waals surface area (Å²) < 4.78 is 1.89. The summed E-state index contributed by atoms with van der Waals surface area (Å²) in [6.45, 7) is 7.59. The molecule has 25 heavy (non-hydrogen) atoms. The summed E-state index contributed by atoms with van der Waals surface area (Å²) >= 11 is 0. The maximum atomic E-state index is 4.64. The second-order valence-corrected chi connectivity index (χ2v) is 7.02. The zero-order valence-electron chi connectivity index (χ0n) is 15.2. The van der Waals surface area contributed by atoms with Crippen LogP contribution < -0.4 is 4.90 Å². The van der Waals surface area contributed by atoms with Gasteiger partial charge in [0.25, 0.3) is 5.78 Å². The van der Waals surface area contributed by atoms with Gasteiger partial charge in [0, 0.05) is 18.3 Å². The van der Waals surface area contributed by atoms with E-state index in [2.05, 4.69) is 65.0 Å². The van der Waals surface area contributed by atoms with Crippen molar-refractivity contribution in [3.05, 3.63) is 53.0 Å². The van der Waals surface area contributed by atoms with E-state index in [1.807, 2.05) is 4.52 Å². The first-order chi connectivity index (χ1) is 12.2. The van der Waals surface area contributed by atoms with Gasteiger partial charge >= 0.3 is 0 Å². The van der Waals surface area contributed by atoms with Gasteiger partial charge < -0.3 is 4.90 Å². The molecule has 0 saturated carbocycles. The summed E-state index contributed by atoms with van der Waals surface area (Å²) in [7, 11) is 0. The van der Waals surface area contributed by atoms with Crippen molar-refractivity contribution in [3.8, 4) is 0 Å². The number of anilines is 1. The fourth-order valence-corrected chi connectivity index (χ4v) is 3.79. The lowest BCUT2D eigenvalue weighted by atomic mass is 9.99. The van der Waals surface area contributed by atoms with E-state index in [-0.39, 0.29) is 0 Å². The Morgan fingerprint density at radius 3 is 2.84 bits per heavy atom. The molecule has 0 spiro atoms. The van der Waals surface area contributed by atoms with Crippen molar-refractivity contribution in [2.24, 2.45) is 0 Å². The Kier molecular flexibility index (Phi) is 4.15. The minimum Gasteiger partial charge on any atom is -0.349 e. The first kappa shape index (κ1) is 16.1. The highest BCUT2D eigenvalue weighted by molar-refractivity contribution is 5.51. The van der Waals surface area contributed by atoms with E-state index in [9.17, 15) is 0 Å². The molecule has 1 atom stereocenters. The van der Waals surface area contributed by atoms with Crippen LogP contribution in [0.15, 0.2) is 30.6 Å². The van der Waals surface area contributed by atoms with Crippen LogP contribution in [-0.4, -0.2) is 26.1 Å². The fourth-order valence-electron chi connectivity index (χ4n) is 3.79. The Labute approximate surface area is 148 Å². The molecule has 130 valence electrons. The van der Waals surface area contributed by atoms with Crippen molar-refractivity contribution in [1.82, 2.24) is 19.6 Å². The molecule has 0 bridgehead atoms. The highest BCUT2D eigenvalue weighted by atomic mass is 15.4. The van der Waals surface area contributed by atoms with Crippen molar-refractivity contribution >= 4 is 11.6 Å². The van der Waals surface area contributed by atoms with Crippen LogP contribution in [0.1, 0.15) is 54.6 Å². The van der Waals surface area contributed by atoms with Gasteiger partial charge in [0.1, 0.15) is 12.1 Å². The van der Waals surface area contributed by atoms with Gasteiger partial charge in [-0.15, -0.1) is 0 Å². The van der Waals surface area contributed by atoms with Gasteiger partial charge in [0.05, 0.1) is 6.04 Å². The summed E-state index contributed by atoms with van der Waals surface area (Å²) in [5.41, 5.74) is 5.20. The van der Waals surface area contributed by atoms with Crippen LogP contribution in [0.3, 0.4) is 0 Å². The minimum atomic E-state index is 0.392. The molecule has 3 heterocycles. The second kappa shape index (κ2) is 6.47. The molecule has 0 aliphatic carbocycles. The molecular formula is C20H25N5. The van der Waals surface area contributed by atoms with E-state index in [0.717, 1.165) is 30.9 Å². The lowest BCUT2D eigenvalue weighted by molar-refractivity contribution is 0.694. The number of rotatable bonds is 4. The number of aromatic nitrogens is 4. The molecule has 0 N–H and O–H groups in total. The molecular weight excluding hydrogens is 310 g/mol. The third-order valence-corrected chi connectivity index (χ3v) is 5.26. The molecule has 5 heteroatoms. The number of hydrogen-bond acceptors (Lipinski definition) is 4. The molecule has 0 radical (unpaired) electrons. The van der Waals surface area contributed by atoms with Crippen molar-refractivity contribution < 1.29 is 0 Å². The van der Waals surface area contributed by atoms with E-state index in [1.54, 1.807) is 6.33 Å². The maximum absolute atomic E-state index is 4.64. The molecule has 2 aromatic heterocycles. The summed E-state index contributed by atoms with van der Waals surface area (Å²) in [6.07, 6.45) is 6.02. The number of nitrogens with zero attached hydrogens (tertiary/aromatic N) is 5. The number of aryl methyl sites for hydroxylation is 3. The molecule has 3 aromatic rings. The van der Waals surface area contributed by atoms with Gasteiger partial charge in [-0.1, -0.05) is 31.5 Å². The molecule has 1 fully saturated rings. The zero-order valence-corrected chi connectivity index (χ0v) is 15.2. The normalized spacial score (nSPS) is 17.6. The van der Waals surface area contributed by atoms with E-state index in [0.29, 0.717) is 11.8 Å². The van der Waals surface area contributed by atoms with Crippen LogP contribution in [0.4, 0.5) is 5.82 Å². The third kappa shape index (κ3) is 2.88. The predicted molar refractivity (Wildman–Crippen MR) is 100 cm³/mol. The largest absolute Gasteiger partial charge is 0.349 e. The average molecular weight is 335 g/mol. The quantitative estimate of drug-likeness (QED) is 0.722. The van der Waals surface area contributed by atoms with Crippen LogP contribution in [0, 0.1) is 13.8 Å². The summed E-state index contributed by atoms with van der Waals surface area (Å²) in [5, 5.41) is 4.43. The summed E-state index contributed by atoms with van der Waals surface area (Å²) in [4.78, 5) is 11.5. The van der Waals surface area contributed by atoms with Crippen molar-refractivity contribution in [1.29, 1.82) is 0 Å². The zero-order chi connectivity index (χ0) is 17.4. The Bertz CT molecular complexity index is 898. The molecule has 1 aliphatic rings. The second-order valence-electron chi connectivity index (χ2n) is 7.02. The van der Waals surface area contributed by atoms with Gasteiger partial charge in [-0.2, -0.15) is 14.6 Å². The molecule has 1 aromatic carbocycles. The maximum Gasteiger partial charge on any atom is 0.254 e. The van der Waals surface area contributed by atoms with Crippen LogP contribution in [0.25, 0.3) is 5.78 Å².